The molecule has 0 saturated carbocycles. The van der Waals surface area contributed by atoms with Gasteiger partial charge < -0.3 is 14.7 Å². The van der Waals surface area contributed by atoms with Gasteiger partial charge in [0, 0.05) is 24.7 Å². The van der Waals surface area contributed by atoms with Gasteiger partial charge in [-0.1, -0.05) is 0 Å². The van der Waals surface area contributed by atoms with E-state index in [1.165, 1.54) is 0 Å². The third-order valence-electron chi connectivity index (χ3n) is 2.57. The molecule has 0 radical (unpaired) electrons. The number of esters is 1. The summed E-state index contributed by atoms with van der Waals surface area (Å²) in [6.07, 6.45) is 0.196. The van der Waals surface area contributed by atoms with Crippen LogP contribution in [0, 0.1) is 0 Å². The highest BCUT2D eigenvalue weighted by atomic mass is 31.2. The summed E-state index contributed by atoms with van der Waals surface area (Å²) in [5, 5.41) is 8.38. The minimum absolute atomic E-state index is 0.0247. The maximum atomic E-state index is 11.9. The van der Waals surface area contributed by atoms with Crippen LogP contribution in [0.5, 0.6) is 0 Å². The molecular weight excluding hydrogens is 333 g/mol. The van der Waals surface area contributed by atoms with Gasteiger partial charge in [0.1, 0.15) is 0 Å². The first kappa shape index (κ1) is 19.3. The highest BCUT2D eigenvalue weighted by Crippen LogP contribution is 2.52. The molecule has 0 atom stereocenters. The van der Waals surface area contributed by atoms with E-state index in [9.17, 15) is 18.9 Å². The summed E-state index contributed by atoms with van der Waals surface area (Å²) in [4.78, 5) is 34.6. The van der Waals surface area contributed by atoms with E-state index in [2.05, 4.69) is 4.74 Å². The molecule has 23 heavy (non-hydrogen) atoms. The van der Waals surface area contributed by atoms with Crippen LogP contribution in [0.3, 0.4) is 0 Å². The fraction of sp³-hybridized carbons (Fsp3) is 0.583. The Morgan fingerprint density at radius 1 is 1.26 bits per heavy atom. The number of phosphoric ester groups is 1. The molecule has 1 aliphatic rings. The van der Waals surface area contributed by atoms with Gasteiger partial charge in [0.2, 0.25) is 0 Å². The quantitative estimate of drug-likeness (QED) is 0.311. The fourth-order valence-corrected chi connectivity index (χ4v) is 2.66. The fourth-order valence-electron chi connectivity index (χ4n) is 1.54. The van der Waals surface area contributed by atoms with Gasteiger partial charge in [0.25, 0.3) is 0 Å². The second kappa shape index (κ2) is 8.78. The van der Waals surface area contributed by atoms with Gasteiger partial charge in [0.15, 0.2) is 0 Å². The monoisotopic (exact) mass is 351 g/mol. The van der Waals surface area contributed by atoms with Crippen LogP contribution in [0.1, 0.15) is 13.8 Å². The molecule has 0 aromatic carbocycles. The van der Waals surface area contributed by atoms with Crippen molar-refractivity contribution in [1.29, 1.82) is 0 Å². The van der Waals surface area contributed by atoms with Crippen molar-refractivity contribution in [2.75, 3.05) is 26.4 Å². The highest BCUT2D eigenvalue weighted by molar-refractivity contribution is 7.48. The highest BCUT2D eigenvalue weighted by Gasteiger charge is 2.32. The molecule has 11 heteroatoms. The molecule has 1 amide bonds. The summed E-state index contributed by atoms with van der Waals surface area (Å²) in [5.74, 6) is -2.45. The standard InChI is InChI=1S/C12H18NO9P/c1-9(2)13(5-6-19-23(18)20-7-8-21-23)12(17)22-11(16)4-3-10(14)15/h3-4,9H,5-8H2,1-2H3,(H,14,15). The summed E-state index contributed by atoms with van der Waals surface area (Å²) in [7, 11) is -3.56. The molecule has 1 fully saturated rings. The molecule has 1 aliphatic heterocycles. The van der Waals surface area contributed by atoms with E-state index in [1.807, 2.05) is 0 Å². The number of nitrogens with zero attached hydrogens (tertiary/aromatic N) is 1. The van der Waals surface area contributed by atoms with Crippen LogP contribution in [-0.2, 0) is 32.5 Å². The first-order chi connectivity index (χ1) is 10.7. The van der Waals surface area contributed by atoms with Crippen LogP contribution in [0.4, 0.5) is 4.79 Å². The maximum Gasteiger partial charge on any atom is 0.475 e. The number of carboxylic acid groups (broad SMARTS) is 1. The van der Waals surface area contributed by atoms with Crippen molar-refractivity contribution in [3.05, 3.63) is 12.2 Å². The number of phosphoric acid groups is 1. The molecule has 0 spiro atoms. The van der Waals surface area contributed by atoms with E-state index in [0.29, 0.717) is 12.2 Å². The largest absolute Gasteiger partial charge is 0.478 e. The normalized spacial score (nSPS) is 16.7. The zero-order valence-electron chi connectivity index (χ0n) is 12.7. The Balaban J connectivity index is 2.49. The predicted molar refractivity (Wildman–Crippen MR) is 75.6 cm³/mol. The SMILES string of the molecule is CC(C)N(CCOP1(=O)OCCO1)C(=O)OC(=O)C=CC(=O)O. The number of carbonyl (C=O) groups excluding carboxylic acids is 2. The van der Waals surface area contributed by atoms with Crippen molar-refractivity contribution >= 4 is 25.9 Å². The number of hydrogen-bond acceptors (Lipinski definition) is 8. The van der Waals surface area contributed by atoms with E-state index in [1.54, 1.807) is 13.8 Å². The van der Waals surface area contributed by atoms with Crippen LogP contribution < -0.4 is 0 Å². The molecule has 0 bridgehead atoms. The molecule has 0 unspecified atom stereocenters. The van der Waals surface area contributed by atoms with Crippen molar-refractivity contribution < 1.29 is 42.4 Å². The van der Waals surface area contributed by atoms with Crippen LogP contribution in [0.25, 0.3) is 0 Å². The Kier molecular flexibility index (Phi) is 7.37. The second-order valence-corrected chi connectivity index (χ2v) is 6.26. The van der Waals surface area contributed by atoms with E-state index in [-0.39, 0.29) is 32.4 Å². The smallest absolute Gasteiger partial charge is 0.475 e. The van der Waals surface area contributed by atoms with E-state index in [4.69, 9.17) is 18.7 Å². The zero-order valence-corrected chi connectivity index (χ0v) is 13.6. The summed E-state index contributed by atoms with van der Waals surface area (Å²) in [6.45, 7) is 3.50. The lowest BCUT2D eigenvalue weighted by atomic mass is 10.3. The van der Waals surface area contributed by atoms with Crippen LogP contribution in [0.15, 0.2) is 12.2 Å². The average molecular weight is 351 g/mol. The molecule has 0 aromatic rings. The van der Waals surface area contributed by atoms with Crippen molar-refractivity contribution in [2.24, 2.45) is 0 Å². The lowest BCUT2D eigenvalue weighted by molar-refractivity contribution is -0.135. The van der Waals surface area contributed by atoms with Crippen molar-refractivity contribution in [1.82, 2.24) is 4.90 Å². The van der Waals surface area contributed by atoms with Gasteiger partial charge in [-0.15, -0.1) is 0 Å². The number of ether oxygens (including phenoxy) is 1. The van der Waals surface area contributed by atoms with Crippen LogP contribution >= 0.6 is 7.82 Å². The lowest BCUT2D eigenvalue weighted by Crippen LogP contribution is -2.40. The molecule has 0 aromatic heterocycles. The molecule has 10 nitrogen and oxygen atoms in total. The molecule has 0 aliphatic carbocycles. The number of carbonyl (C=O) groups is 3. The number of carboxylic acids is 1. The molecule has 1 saturated heterocycles. The lowest BCUT2D eigenvalue weighted by Gasteiger charge is -2.25. The Morgan fingerprint density at radius 2 is 1.87 bits per heavy atom. The maximum absolute atomic E-state index is 11.9. The topological polar surface area (TPSA) is 129 Å². The van der Waals surface area contributed by atoms with Crippen LogP contribution in [0.2, 0.25) is 0 Å². The second-order valence-electron chi connectivity index (χ2n) is 4.59. The molecule has 130 valence electrons. The van der Waals surface area contributed by atoms with Crippen LogP contribution in [-0.4, -0.2) is 60.4 Å². The first-order valence-electron chi connectivity index (χ1n) is 6.70. The Morgan fingerprint density at radius 3 is 2.39 bits per heavy atom. The molecule has 1 heterocycles. The summed E-state index contributed by atoms with van der Waals surface area (Å²) in [5.41, 5.74) is 0. The summed E-state index contributed by atoms with van der Waals surface area (Å²) in [6, 6.07) is -0.339. The first-order valence-corrected chi connectivity index (χ1v) is 8.16. The molecule has 1 N–H and O–H groups in total. The van der Waals surface area contributed by atoms with E-state index < -0.39 is 25.9 Å². The van der Waals surface area contributed by atoms with Gasteiger partial charge in [-0.25, -0.2) is 18.9 Å². The van der Waals surface area contributed by atoms with Gasteiger partial charge >= 0.3 is 25.9 Å². The average Bonchev–Trinajstić information content (AvgIpc) is 2.88. The van der Waals surface area contributed by atoms with Gasteiger partial charge in [-0.3, -0.25) is 13.6 Å². The summed E-state index contributed by atoms with van der Waals surface area (Å²) < 4.78 is 30.9. The summed E-state index contributed by atoms with van der Waals surface area (Å²) >= 11 is 0. The Bertz CT molecular complexity index is 521. The molecule has 1 rings (SSSR count). The zero-order chi connectivity index (χ0) is 17.5. The Hall–Kier alpha value is -1.74. The van der Waals surface area contributed by atoms with Crippen molar-refractivity contribution in [2.45, 2.75) is 19.9 Å². The predicted octanol–water partition coefficient (Wildman–Crippen LogP) is 1.17. The van der Waals surface area contributed by atoms with Crippen molar-refractivity contribution in [3.63, 3.8) is 0 Å². The third-order valence-corrected chi connectivity index (χ3v) is 4.07. The number of hydrogen-bond donors (Lipinski definition) is 1. The Labute approximate surface area is 132 Å². The van der Waals surface area contributed by atoms with E-state index in [0.717, 1.165) is 4.90 Å². The minimum atomic E-state index is -3.56. The minimum Gasteiger partial charge on any atom is -0.478 e. The third kappa shape index (κ3) is 6.91. The number of rotatable bonds is 7. The number of amides is 1. The van der Waals surface area contributed by atoms with Gasteiger partial charge in [-0.2, -0.15) is 0 Å². The molecular formula is C12H18NO9P. The van der Waals surface area contributed by atoms with Gasteiger partial charge in [-0.05, 0) is 13.8 Å². The van der Waals surface area contributed by atoms with E-state index >= 15 is 0 Å². The van der Waals surface area contributed by atoms with Gasteiger partial charge in [0.05, 0.1) is 19.8 Å². The number of aliphatic carboxylic acids is 1. The van der Waals surface area contributed by atoms with Crippen molar-refractivity contribution in [3.8, 4) is 0 Å².